The first-order valence-electron chi connectivity index (χ1n) is 9.59. The van der Waals surface area contributed by atoms with Crippen LogP contribution in [-0.2, 0) is 23.5 Å². The third-order valence-electron chi connectivity index (χ3n) is 4.56. The highest BCUT2D eigenvalue weighted by atomic mass is 32.2. The highest BCUT2D eigenvalue weighted by molar-refractivity contribution is 7.98. The summed E-state index contributed by atoms with van der Waals surface area (Å²) < 4.78 is 0. The monoisotopic (exact) mass is 423 g/mol. The van der Waals surface area contributed by atoms with Crippen molar-refractivity contribution in [2.75, 3.05) is 25.1 Å². The number of thioether (sulfide) groups is 1. The maximum Gasteiger partial charge on any atom is 0.217 e. The summed E-state index contributed by atoms with van der Waals surface area (Å²) in [7, 11) is 1.77. The van der Waals surface area contributed by atoms with Crippen LogP contribution in [0.25, 0.3) is 0 Å². The van der Waals surface area contributed by atoms with Crippen molar-refractivity contribution in [1.29, 1.82) is 10.5 Å². The Labute approximate surface area is 181 Å². The Kier molecular flexibility index (Phi) is 8.67. The van der Waals surface area contributed by atoms with Gasteiger partial charge in [0.25, 0.3) is 0 Å². The molecule has 8 heteroatoms. The Bertz CT molecular complexity index is 977. The smallest absolute Gasteiger partial charge is 0.217 e. The molecule has 0 fully saturated rings. The summed E-state index contributed by atoms with van der Waals surface area (Å²) in [4.78, 5) is 17.4. The normalized spacial score (nSPS) is 10.2. The Balaban J connectivity index is 2.30. The van der Waals surface area contributed by atoms with Crippen LogP contribution in [0, 0.1) is 22.7 Å². The fourth-order valence-electron chi connectivity index (χ4n) is 2.95. The minimum atomic E-state index is -0.0701. The van der Waals surface area contributed by atoms with Gasteiger partial charge in [-0.1, -0.05) is 31.2 Å². The Hall–Kier alpha value is -3.07. The lowest BCUT2D eigenvalue weighted by Gasteiger charge is -2.21. The number of benzene rings is 1. The minimum absolute atomic E-state index is 0.0577. The first kappa shape index (κ1) is 23.2. The Morgan fingerprint density at radius 3 is 2.37 bits per heavy atom. The van der Waals surface area contributed by atoms with Crippen LogP contribution in [0.1, 0.15) is 41.7 Å². The predicted molar refractivity (Wildman–Crippen MR) is 117 cm³/mol. The molecule has 1 aromatic carbocycles. The largest absolute Gasteiger partial charge is 0.395 e. The maximum atomic E-state index is 11.0. The minimum Gasteiger partial charge on any atom is -0.395 e. The van der Waals surface area contributed by atoms with Crippen LogP contribution in [0.15, 0.2) is 29.3 Å². The quantitative estimate of drug-likeness (QED) is 0.596. The van der Waals surface area contributed by atoms with Crippen LogP contribution in [0.2, 0.25) is 0 Å². The van der Waals surface area contributed by atoms with E-state index in [0.29, 0.717) is 52.8 Å². The molecule has 0 aliphatic rings. The van der Waals surface area contributed by atoms with Crippen molar-refractivity contribution in [1.82, 2.24) is 10.3 Å². The van der Waals surface area contributed by atoms with E-state index < -0.39 is 0 Å². The van der Waals surface area contributed by atoms with Crippen molar-refractivity contribution >= 4 is 23.5 Å². The maximum absolute atomic E-state index is 11.0. The molecule has 0 saturated heterocycles. The average Bonchev–Trinajstić information content (AvgIpc) is 2.75. The topological polar surface area (TPSA) is 113 Å². The van der Waals surface area contributed by atoms with Crippen molar-refractivity contribution in [3.05, 3.63) is 52.1 Å². The van der Waals surface area contributed by atoms with Gasteiger partial charge < -0.3 is 15.3 Å². The standard InChI is InChI=1S/C22H25N5O2S/c1-4-18-19(11-23)21(27(3)9-10-28)26-22(20(18)12-24)30-14-17-7-5-16(6-8-17)13-25-15(2)29/h5-8,28H,4,9-10,13-14H2,1-3H3,(H,25,29). The molecule has 2 aromatic rings. The zero-order chi connectivity index (χ0) is 22.1. The number of rotatable bonds is 9. The van der Waals surface area contributed by atoms with Gasteiger partial charge in [-0.25, -0.2) is 4.98 Å². The van der Waals surface area contributed by atoms with E-state index in [1.54, 1.807) is 11.9 Å². The molecule has 30 heavy (non-hydrogen) atoms. The van der Waals surface area contributed by atoms with Gasteiger partial charge in [0, 0.05) is 32.8 Å². The lowest BCUT2D eigenvalue weighted by molar-refractivity contribution is -0.119. The van der Waals surface area contributed by atoms with Gasteiger partial charge in [0.2, 0.25) is 5.91 Å². The number of nitriles is 2. The highest BCUT2D eigenvalue weighted by Crippen LogP contribution is 2.33. The van der Waals surface area contributed by atoms with E-state index in [2.05, 4.69) is 22.4 Å². The number of aliphatic hydroxyl groups excluding tert-OH is 1. The summed E-state index contributed by atoms with van der Waals surface area (Å²) in [5.74, 6) is 1.02. The summed E-state index contributed by atoms with van der Waals surface area (Å²) in [6.07, 6.45) is 0.541. The number of pyridine rings is 1. The predicted octanol–water partition coefficient (Wildman–Crippen LogP) is 2.74. The summed E-state index contributed by atoms with van der Waals surface area (Å²) in [6.45, 7) is 4.17. The van der Waals surface area contributed by atoms with Gasteiger partial charge in [-0.05, 0) is 23.1 Å². The molecule has 0 atom stereocenters. The number of nitrogens with zero attached hydrogens (tertiary/aromatic N) is 4. The van der Waals surface area contributed by atoms with Gasteiger partial charge in [0.1, 0.15) is 23.0 Å². The molecule has 0 saturated carbocycles. The first-order valence-corrected chi connectivity index (χ1v) is 10.6. The molecule has 7 nitrogen and oxygen atoms in total. The molecule has 1 aromatic heterocycles. The van der Waals surface area contributed by atoms with Crippen molar-refractivity contribution in [2.24, 2.45) is 0 Å². The fraction of sp³-hybridized carbons (Fsp3) is 0.364. The van der Waals surface area contributed by atoms with Crippen molar-refractivity contribution < 1.29 is 9.90 Å². The van der Waals surface area contributed by atoms with Crippen LogP contribution >= 0.6 is 11.8 Å². The number of hydrogen-bond donors (Lipinski definition) is 2. The van der Waals surface area contributed by atoms with E-state index in [9.17, 15) is 20.4 Å². The highest BCUT2D eigenvalue weighted by Gasteiger charge is 2.21. The molecule has 0 bridgehead atoms. The van der Waals surface area contributed by atoms with Crippen molar-refractivity contribution in [2.45, 2.75) is 37.6 Å². The van der Waals surface area contributed by atoms with E-state index >= 15 is 0 Å². The van der Waals surface area contributed by atoms with Crippen LogP contribution in [0.3, 0.4) is 0 Å². The molecule has 0 unspecified atom stereocenters. The molecule has 156 valence electrons. The first-order chi connectivity index (χ1) is 14.4. The second kappa shape index (κ2) is 11.2. The van der Waals surface area contributed by atoms with Gasteiger partial charge in [0.15, 0.2) is 0 Å². The number of hydrogen-bond acceptors (Lipinski definition) is 7. The van der Waals surface area contributed by atoms with E-state index in [1.807, 2.05) is 31.2 Å². The number of carbonyl (C=O) groups is 1. The molecular weight excluding hydrogens is 398 g/mol. The van der Waals surface area contributed by atoms with Crippen LogP contribution in [-0.4, -0.2) is 36.2 Å². The van der Waals surface area contributed by atoms with Crippen LogP contribution < -0.4 is 10.2 Å². The summed E-state index contributed by atoms with van der Waals surface area (Å²) in [5, 5.41) is 32.0. The SMILES string of the molecule is CCc1c(C#N)c(SCc2ccc(CNC(C)=O)cc2)nc(N(C)CCO)c1C#N. The lowest BCUT2D eigenvalue weighted by Crippen LogP contribution is -2.24. The second-order valence-corrected chi connectivity index (χ2v) is 7.67. The Morgan fingerprint density at radius 1 is 1.20 bits per heavy atom. The summed E-state index contributed by atoms with van der Waals surface area (Å²) >= 11 is 1.45. The number of carbonyl (C=O) groups excluding carboxylic acids is 1. The van der Waals surface area contributed by atoms with Gasteiger partial charge in [0.05, 0.1) is 17.7 Å². The van der Waals surface area contributed by atoms with E-state index in [4.69, 9.17) is 0 Å². The fourth-order valence-corrected chi connectivity index (χ4v) is 3.91. The van der Waals surface area contributed by atoms with Gasteiger partial charge in [-0.3, -0.25) is 4.79 Å². The van der Waals surface area contributed by atoms with E-state index in [1.165, 1.54) is 18.7 Å². The molecule has 2 N–H and O–H groups in total. The zero-order valence-corrected chi connectivity index (χ0v) is 18.2. The molecule has 0 aliphatic heterocycles. The number of aliphatic hydroxyl groups is 1. The third-order valence-corrected chi connectivity index (χ3v) is 5.61. The van der Waals surface area contributed by atoms with E-state index in [0.717, 1.165) is 11.1 Å². The summed E-state index contributed by atoms with van der Waals surface area (Å²) in [6, 6.07) is 12.3. The number of anilines is 1. The second-order valence-electron chi connectivity index (χ2n) is 6.71. The molecule has 0 radical (unpaired) electrons. The third kappa shape index (κ3) is 5.73. The molecule has 2 rings (SSSR count). The number of likely N-dealkylation sites (N-methyl/N-ethyl adjacent to an activating group) is 1. The molecule has 1 heterocycles. The van der Waals surface area contributed by atoms with Gasteiger partial charge >= 0.3 is 0 Å². The van der Waals surface area contributed by atoms with Gasteiger partial charge in [-0.15, -0.1) is 11.8 Å². The molecule has 1 amide bonds. The van der Waals surface area contributed by atoms with Crippen LogP contribution in [0.5, 0.6) is 0 Å². The van der Waals surface area contributed by atoms with Crippen molar-refractivity contribution in [3.8, 4) is 12.1 Å². The number of nitrogens with one attached hydrogen (secondary N) is 1. The molecule has 0 aliphatic carbocycles. The summed E-state index contributed by atoms with van der Waals surface area (Å²) in [5.41, 5.74) is 3.57. The van der Waals surface area contributed by atoms with E-state index in [-0.39, 0.29) is 12.5 Å². The molecule has 0 spiro atoms. The van der Waals surface area contributed by atoms with Gasteiger partial charge in [-0.2, -0.15) is 10.5 Å². The average molecular weight is 424 g/mol. The van der Waals surface area contributed by atoms with Crippen molar-refractivity contribution in [3.63, 3.8) is 0 Å². The number of aromatic nitrogens is 1. The Morgan fingerprint density at radius 2 is 1.83 bits per heavy atom. The van der Waals surface area contributed by atoms with Crippen LogP contribution in [0.4, 0.5) is 5.82 Å². The number of amides is 1. The lowest BCUT2D eigenvalue weighted by atomic mass is 10.0. The zero-order valence-electron chi connectivity index (χ0n) is 17.4. The molecular formula is C22H25N5O2S.